The number of aryl methyl sites for hydroxylation is 1. The van der Waals surface area contributed by atoms with E-state index in [9.17, 15) is 9.59 Å². The molecule has 0 saturated carbocycles. The summed E-state index contributed by atoms with van der Waals surface area (Å²) in [6, 6.07) is 9.47. The standard InChI is InChI=1S/C17H17NO2/c1-3-4-10-18-16(19)13-7-5-6-12-11(2)8-9-14(15(12)13)17(18)20/h5-9H,3-4,10H2,1-2H3. The third kappa shape index (κ3) is 1.73. The van der Waals surface area contributed by atoms with Gasteiger partial charge < -0.3 is 0 Å². The zero-order valence-corrected chi connectivity index (χ0v) is 11.8. The smallest absolute Gasteiger partial charge is 0.261 e. The highest BCUT2D eigenvalue weighted by molar-refractivity contribution is 6.25. The molecule has 3 rings (SSSR count). The third-order valence-corrected chi connectivity index (χ3v) is 3.95. The Morgan fingerprint density at radius 1 is 1.00 bits per heavy atom. The third-order valence-electron chi connectivity index (χ3n) is 3.95. The molecule has 0 fully saturated rings. The number of carbonyl (C=O) groups is 2. The largest absolute Gasteiger partial charge is 0.274 e. The van der Waals surface area contributed by atoms with Crippen molar-refractivity contribution in [3.05, 3.63) is 47.0 Å². The van der Waals surface area contributed by atoms with E-state index in [0.29, 0.717) is 17.7 Å². The molecule has 0 N–H and O–H groups in total. The fraction of sp³-hybridized carbons (Fsp3) is 0.294. The van der Waals surface area contributed by atoms with Crippen LogP contribution < -0.4 is 0 Å². The van der Waals surface area contributed by atoms with Crippen LogP contribution in [0, 0.1) is 6.92 Å². The maximum absolute atomic E-state index is 12.5. The fourth-order valence-corrected chi connectivity index (χ4v) is 2.81. The Hall–Kier alpha value is -2.16. The first-order valence-corrected chi connectivity index (χ1v) is 7.03. The molecule has 0 bridgehead atoms. The van der Waals surface area contributed by atoms with E-state index < -0.39 is 0 Å². The minimum Gasteiger partial charge on any atom is -0.274 e. The van der Waals surface area contributed by atoms with Gasteiger partial charge in [0.2, 0.25) is 0 Å². The highest BCUT2D eigenvalue weighted by Crippen LogP contribution is 2.31. The summed E-state index contributed by atoms with van der Waals surface area (Å²) in [5, 5.41) is 1.81. The number of amides is 2. The molecule has 2 aromatic carbocycles. The Balaban J connectivity index is 2.23. The van der Waals surface area contributed by atoms with Crippen LogP contribution in [0.1, 0.15) is 46.0 Å². The first-order valence-electron chi connectivity index (χ1n) is 7.03. The lowest BCUT2D eigenvalue weighted by Crippen LogP contribution is -2.40. The molecular weight excluding hydrogens is 250 g/mol. The molecule has 0 saturated heterocycles. The zero-order chi connectivity index (χ0) is 14.3. The lowest BCUT2D eigenvalue weighted by molar-refractivity contribution is 0.0608. The highest BCUT2D eigenvalue weighted by Gasteiger charge is 2.32. The van der Waals surface area contributed by atoms with Crippen molar-refractivity contribution in [3.63, 3.8) is 0 Å². The Bertz CT molecular complexity index is 696. The first-order chi connectivity index (χ1) is 9.65. The van der Waals surface area contributed by atoms with Gasteiger partial charge >= 0.3 is 0 Å². The number of unbranched alkanes of at least 4 members (excludes halogenated alkanes) is 1. The van der Waals surface area contributed by atoms with Crippen molar-refractivity contribution in [2.75, 3.05) is 6.54 Å². The summed E-state index contributed by atoms with van der Waals surface area (Å²) in [5.41, 5.74) is 2.39. The van der Waals surface area contributed by atoms with Gasteiger partial charge in [-0.1, -0.05) is 31.5 Å². The molecule has 2 aromatic rings. The quantitative estimate of drug-likeness (QED) is 0.798. The predicted octanol–water partition coefficient (Wildman–Crippen LogP) is 3.54. The summed E-state index contributed by atoms with van der Waals surface area (Å²) in [5.74, 6) is -0.320. The number of imide groups is 1. The Morgan fingerprint density at radius 3 is 2.40 bits per heavy atom. The lowest BCUT2D eigenvalue weighted by atomic mass is 9.91. The molecule has 20 heavy (non-hydrogen) atoms. The maximum atomic E-state index is 12.5. The molecule has 1 aliphatic heterocycles. The van der Waals surface area contributed by atoms with Crippen molar-refractivity contribution in [2.45, 2.75) is 26.7 Å². The van der Waals surface area contributed by atoms with Gasteiger partial charge in [-0.15, -0.1) is 0 Å². The van der Waals surface area contributed by atoms with Gasteiger partial charge in [0, 0.05) is 23.1 Å². The van der Waals surface area contributed by atoms with Crippen molar-refractivity contribution >= 4 is 22.6 Å². The van der Waals surface area contributed by atoms with Gasteiger partial charge in [0.25, 0.3) is 11.8 Å². The summed E-state index contributed by atoms with van der Waals surface area (Å²) in [7, 11) is 0. The van der Waals surface area contributed by atoms with Crippen LogP contribution in [0.2, 0.25) is 0 Å². The first kappa shape index (κ1) is 12.9. The number of hydrogen-bond donors (Lipinski definition) is 0. The average Bonchev–Trinajstić information content (AvgIpc) is 2.46. The van der Waals surface area contributed by atoms with Crippen LogP contribution in [-0.4, -0.2) is 23.3 Å². The topological polar surface area (TPSA) is 37.4 Å². The second-order valence-electron chi connectivity index (χ2n) is 5.27. The van der Waals surface area contributed by atoms with Gasteiger partial charge in [0.05, 0.1) is 0 Å². The van der Waals surface area contributed by atoms with Crippen molar-refractivity contribution in [3.8, 4) is 0 Å². The molecular formula is C17H17NO2. The van der Waals surface area contributed by atoms with E-state index >= 15 is 0 Å². The molecule has 102 valence electrons. The molecule has 0 spiro atoms. The summed E-state index contributed by atoms with van der Waals surface area (Å²) in [6.07, 6.45) is 1.80. The van der Waals surface area contributed by atoms with E-state index in [1.165, 1.54) is 4.90 Å². The van der Waals surface area contributed by atoms with E-state index in [1.54, 1.807) is 0 Å². The van der Waals surface area contributed by atoms with Crippen LogP contribution in [0.25, 0.3) is 10.8 Å². The average molecular weight is 267 g/mol. The zero-order valence-electron chi connectivity index (χ0n) is 11.8. The highest BCUT2D eigenvalue weighted by atomic mass is 16.2. The van der Waals surface area contributed by atoms with Gasteiger partial charge in [0.1, 0.15) is 0 Å². The van der Waals surface area contributed by atoms with Crippen LogP contribution in [0.15, 0.2) is 30.3 Å². The number of carbonyl (C=O) groups excluding carboxylic acids is 2. The van der Waals surface area contributed by atoms with Crippen LogP contribution in [0.3, 0.4) is 0 Å². The van der Waals surface area contributed by atoms with Gasteiger partial charge in [0.15, 0.2) is 0 Å². The van der Waals surface area contributed by atoms with E-state index in [-0.39, 0.29) is 11.8 Å². The molecule has 0 aliphatic carbocycles. The maximum Gasteiger partial charge on any atom is 0.261 e. The summed E-state index contributed by atoms with van der Waals surface area (Å²) >= 11 is 0. The number of benzene rings is 2. The predicted molar refractivity (Wildman–Crippen MR) is 79.0 cm³/mol. The van der Waals surface area contributed by atoms with Crippen molar-refractivity contribution in [1.82, 2.24) is 4.90 Å². The monoisotopic (exact) mass is 267 g/mol. The Kier molecular flexibility index (Phi) is 3.05. The molecule has 0 unspecified atom stereocenters. The molecule has 0 aromatic heterocycles. The van der Waals surface area contributed by atoms with Crippen LogP contribution in [0.5, 0.6) is 0 Å². The number of rotatable bonds is 3. The molecule has 1 aliphatic rings. The summed E-state index contributed by atoms with van der Waals surface area (Å²) in [4.78, 5) is 26.5. The molecule has 1 heterocycles. The molecule has 3 heteroatoms. The van der Waals surface area contributed by atoms with Crippen LogP contribution in [0.4, 0.5) is 0 Å². The molecule has 0 radical (unpaired) electrons. The number of nitrogens with zero attached hydrogens (tertiary/aromatic N) is 1. The van der Waals surface area contributed by atoms with E-state index in [2.05, 4.69) is 6.92 Å². The van der Waals surface area contributed by atoms with Crippen LogP contribution in [-0.2, 0) is 0 Å². The number of hydrogen-bond acceptors (Lipinski definition) is 2. The van der Waals surface area contributed by atoms with Gasteiger partial charge in [-0.05, 0) is 36.4 Å². The molecule has 3 nitrogen and oxygen atoms in total. The minimum atomic E-state index is -0.160. The second kappa shape index (κ2) is 4.75. The summed E-state index contributed by atoms with van der Waals surface area (Å²) in [6.45, 7) is 4.55. The Morgan fingerprint density at radius 2 is 1.70 bits per heavy atom. The normalized spacial score (nSPS) is 14.2. The van der Waals surface area contributed by atoms with Crippen molar-refractivity contribution in [1.29, 1.82) is 0 Å². The lowest BCUT2D eigenvalue weighted by Gasteiger charge is -2.27. The fourth-order valence-electron chi connectivity index (χ4n) is 2.81. The molecule has 2 amide bonds. The van der Waals surface area contributed by atoms with Crippen molar-refractivity contribution < 1.29 is 9.59 Å². The minimum absolute atomic E-state index is 0.160. The van der Waals surface area contributed by atoms with E-state index in [1.807, 2.05) is 37.3 Å². The van der Waals surface area contributed by atoms with Gasteiger partial charge in [-0.2, -0.15) is 0 Å². The summed E-state index contributed by atoms with van der Waals surface area (Å²) < 4.78 is 0. The SMILES string of the molecule is CCCCN1C(=O)c2cccc3c(C)ccc(c23)C1=O. The molecule has 0 atom stereocenters. The van der Waals surface area contributed by atoms with Gasteiger partial charge in [-0.3, -0.25) is 14.5 Å². The second-order valence-corrected chi connectivity index (χ2v) is 5.27. The van der Waals surface area contributed by atoms with E-state index in [0.717, 1.165) is 29.2 Å². The Labute approximate surface area is 118 Å². The van der Waals surface area contributed by atoms with Gasteiger partial charge in [-0.25, -0.2) is 0 Å². The van der Waals surface area contributed by atoms with Crippen LogP contribution >= 0.6 is 0 Å². The van der Waals surface area contributed by atoms with E-state index in [4.69, 9.17) is 0 Å². The van der Waals surface area contributed by atoms with Crippen molar-refractivity contribution in [2.24, 2.45) is 0 Å².